The van der Waals surface area contributed by atoms with Crippen molar-refractivity contribution in [3.63, 3.8) is 0 Å². The zero-order valence-electron chi connectivity index (χ0n) is 16.4. The van der Waals surface area contributed by atoms with Crippen molar-refractivity contribution < 1.29 is 22.7 Å². The maximum atomic E-state index is 12.6. The van der Waals surface area contributed by atoms with Crippen LogP contribution in [-0.2, 0) is 39.0 Å². The van der Waals surface area contributed by atoms with Crippen molar-refractivity contribution in [2.75, 3.05) is 12.9 Å². The molecule has 9 heteroatoms. The molecule has 1 aromatic rings. The van der Waals surface area contributed by atoms with Crippen LogP contribution in [0.5, 0.6) is 0 Å². The summed E-state index contributed by atoms with van der Waals surface area (Å²) < 4.78 is 40.7. The standard InChI is InChI=1S/C19H29N3O5S/c1-26-18(23)17-15(21-22-11-5-2-6-16(17)22)12-20-28(24,25)13-14-7-10-19(27-14)8-3-4-9-19/h14,20H,2-13H2,1H3. The molecule has 1 unspecified atom stereocenters. The minimum absolute atomic E-state index is 0.00930. The molecule has 1 saturated heterocycles. The molecule has 1 atom stereocenters. The van der Waals surface area contributed by atoms with Crippen molar-refractivity contribution in [3.05, 3.63) is 17.0 Å². The second kappa shape index (κ2) is 7.76. The highest BCUT2D eigenvalue weighted by Gasteiger charge is 2.43. The number of ether oxygens (including phenoxy) is 2. The van der Waals surface area contributed by atoms with E-state index in [0.717, 1.165) is 57.2 Å². The molecule has 0 aromatic carbocycles. The van der Waals surface area contributed by atoms with E-state index in [2.05, 4.69) is 9.82 Å². The molecule has 1 N–H and O–H groups in total. The van der Waals surface area contributed by atoms with Gasteiger partial charge in [-0.2, -0.15) is 5.10 Å². The first kappa shape index (κ1) is 19.8. The number of carbonyl (C=O) groups is 1. The topological polar surface area (TPSA) is 99.5 Å². The molecular formula is C19H29N3O5S. The van der Waals surface area contributed by atoms with Crippen LogP contribution < -0.4 is 4.72 Å². The van der Waals surface area contributed by atoms with Crippen LogP contribution in [0.1, 0.15) is 73.1 Å². The van der Waals surface area contributed by atoms with E-state index in [4.69, 9.17) is 9.47 Å². The largest absolute Gasteiger partial charge is 0.465 e. The van der Waals surface area contributed by atoms with Crippen molar-refractivity contribution in [3.8, 4) is 0 Å². The van der Waals surface area contributed by atoms with Gasteiger partial charge in [0.2, 0.25) is 10.0 Å². The number of nitrogens with one attached hydrogen (secondary N) is 1. The van der Waals surface area contributed by atoms with Crippen LogP contribution in [0.15, 0.2) is 0 Å². The Kier molecular flexibility index (Phi) is 5.50. The average molecular weight is 412 g/mol. The van der Waals surface area contributed by atoms with Gasteiger partial charge in [0, 0.05) is 6.54 Å². The van der Waals surface area contributed by atoms with Crippen molar-refractivity contribution in [2.24, 2.45) is 0 Å². The van der Waals surface area contributed by atoms with Crippen LogP contribution in [0.3, 0.4) is 0 Å². The number of fused-ring (bicyclic) bond motifs is 1. The minimum atomic E-state index is -3.54. The lowest BCUT2D eigenvalue weighted by atomic mass is 9.98. The molecule has 2 fully saturated rings. The highest BCUT2D eigenvalue weighted by molar-refractivity contribution is 7.89. The van der Waals surface area contributed by atoms with Gasteiger partial charge in [0.15, 0.2) is 0 Å². The van der Waals surface area contributed by atoms with Crippen LogP contribution in [0.25, 0.3) is 0 Å². The lowest BCUT2D eigenvalue weighted by Gasteiger charge is -2.23. The van der Waals surface area contributed by atoms with Crippen LogP contribution >= 0.6 is 0 Å². The first-order valence-corrected chi connectivity index (χ1v) is 11.9. The number of hydrogen-bond donors (Lipinski definition) is 1. The summed E-state index contributed by atoms with van der Waals surface area (Å²) in [5.74, 6) is -0.504. The lowest BCUT2D eigenvalue weighted by molar-refractivity contribution is -0.0273. The predicted octanol–water partition coefficient (Wildman–Crippen LogP) is 1.92. The number of hydrogen-bond acceptors (Lipinski definition) is 6. The number of aryl methyl sites for hydroxylation is 1. The summed E-state index contributed by atoms with van der Waals surface area (Å²) in [5.41, 5.74) is 1.61. The van der Waals surface area contributed by atoms with Crippen LogP contribution in [0, 0.1) is 0 Å². The SMILES string of the molecule is COC(=O)c1c(CNS(=O)(=O)CC2CCC3(CCCC3)O2)nn2c1CCCC2. The fourth-order valence-corrected chi connectivity index (χ4v) is 6.09. The molecule has 8 nitrogen and oxygen atoms in total. The molecular weight excluding hydrogens is 382 g/mol. The molecule has 28 heavy (non-hydrogen) atoms. The van der Waals surface area contributed by atoms with E-state index < -0.39 is 16.0 Å². The molecule has 1 aliphatic carbocycles. The first-order valence-electron chi connectivity index (χ1n) is 10.2. The second-order valence-corrected chi connectivity index (χ2v) is 10.1. The summed E-state index contributed by atoms with van der Waals surface area (Å²) in [7, 11) is -2.20. The Bertz CT molecular complexity index is 842. The summed E-state index contributed by atoms with van der Waals surface area (Å²) in [6.45, 7) is 0.731. The van der Waals surface area contributed by atoms with Gasteiger partial charge in [0.1, 0.15) is 5.56 Å². The molecule has 3 heterocycles. The van der Waals surface area contributed by atoms with Crippen LogP contribution in [0.2, 0.25) is 0 Å². The third kappa shape index (κ3) is 3.97. The zero-order chi connectivity index (χ0) is 19.8. The Hall–Kier alpha value is -1.45. The van der Waals surface area contributed by atoms with Gasteiger partial charge in [-0.15, -0.1) is 0 Å². The smallest absolute Gasteiger partial charge is 0.341 e. The van der Waals surface area contributed by atoms with E-state index in [9.17, 15) is 13.2 Å². The molecule has 156 valence electrons. The van der Waals surface area contributed by atoms with Gasteiger partial charge in [-0.25, -0.2) is 17.9 Å². The van der Waals surface area contributed by atoms with Crippen molar-refractivity contribution in [2.45, 2.75) is 82.6 Å². The molecule has 4 rings (SSSR count). The van der Waals surface area contributed by atoms with Crippen molar-refractivity contribution >= 4 is 16.0 Å². The van der Waals surface area contributed by atoms with Gasteiger partial charge >= 0.3 is 5.97 Å². The van der Waals surface area contributed by atoms with Gasteiger partial charge in [-0.1, -0.05) is 12.8 Å². The van der Waals surface area contributed by atoms with Crippen LogP contribution in [-0.4, -0.2) is 48.7 Å². The molecule has 1 spiro atoms. The van der Waals surface area contributed by atoms with Crippen molar-refractivity contribution in [1.29, 1.82) is 0 Å². The van der Waals surface area contributed by atoms with Gasteiger partial charge in [-0.3, -0.25) is 4.68 Å². The van der Waals surface area contributed by atoms with E-state index >= 15 is 0 Å². The van der Waals surface area contributed by atoms with Gasteiger partial charge in [0.25, 0.3) is 0 Å². The summed E-state index contributed by atoms with van der Waals surface area (Å²) in [4.78, 5) is 12.2. The summed E-state index contributed by atoms with van der Waals surface area (Å²) in [5, 5.41) is 4.47. The number of aromatic nitrogens is 2. The highest BCUT2D eigenvalue weighted by atomic mass is 32.2. The number of sulfonamides is 1. The van der Waals surface area contributed by atoms with Crippen molar-refractivity contribution in [1.82, 2.24) is 14.5 Å². The normalized spacial score (nSPS) is 23.8. The fraction of sp³-hybridized carbons (Fsp3) is 0.789. The van der Waals surface area contributed by atoms with Gasteiger partial charge in [0.05, 0.1) is 42.5 Å². The maximum absolute atomic E-state index is 12.6. The third-order valence-corrected chi connectivity index (χ3v) is 7.67. The quantitative estimate of drug-likeness (QED) is 0.718. The lowest BCUT2D eigenvalue weighted by Crippen LogP contribution is -2.34. The Balaban J connectivity index is 1.42. The summed E-state index contributed by atoms with van der Waals surface area (Å²) >= 11 is 0. The highest BCUT2D eigenvalue weighted by Crippen LogP contribution is 2.43. The maximum Gasteiger partial charge on any atom is 0.341 e. The third-order valence-electron chi connectivity index (χ3n) is 6.27. The Morgan fingerprint density at radius 2 is 2.07 bits per heavy atom. The monoisotopic (exact) mass is 411 g/mol. The fourth-order valence-electron chi connectivity index (χ4n) is 4.89. The first-order chi connectivity index (χ1) is 13.4. The molecule has 1 saturated carbocycles. The van der Waals surface area contributed by atoms with E-state index in [1.54, 1.807) is 0 Å². The number of methoxy groups -OCH3 is 1. The number of esters is 1. The van der Waals surface area contributed by atoms with Gasteiger partial charge < -0.3 is 9.47 Å². The van der Waals surface area contributed by atoms with E-state index in [-0.39, 0.29) is 24.0 Å². The molecule has 0 amide bonds. The van der Waals surface area contributed by atoms with E-state index in [1.807, 2.05) is 4.68 Å². The molecule has 3 aliphatic rings. The Morgan fingerprint density at radius 1 is 1.29 bits per heavy atom. The molecule has 2 aliphatic heterocycles. The number of rotatable bonds is 6. The molecule has 0 bridgehead atoms. The van der Waals surface area contributed by atoms with Gasteiger partial charge in [-0.05, 0) is 44.9 Å². The number of carbonyl (C=O) groups excluding carboxylic acids is 1. The summed E-state index contributed by atoms with van der Waals surface area (Å²) in [6.07, 6.45) is 8.63. The molecule has 1 aromatic heterocycles. The zero-order valence-corrected chi connectivity index (χ0v) is 17.2. The molecule has 0 radical (unpaired) electrons. The Morgan fingerprint density at radius 3 is 2.82 bits per heavy atom. The average Bonchev–Trinajstić information content (AvgIpc) is 3.38. The van der Waals surface area contributed by atoms with E-state index in [0.29, 0.717) is 11.3 Å². The van der Waals surface area contributed by atoms with Crippen LogP contribution in [0.4, 0.5) is 0 Å². The predicted molar refractivity (Wildman–Crippen MR) is 102 cm³/mol. The van der Waals surface area contributed by atoms with E-state index in [1.165, 1.54) is 20.0 Å². The minimum Gasteiger partial charge on any atom is -0.465 e. The Labute approximate surface area is 166 Å². The second-order valence-electron chi connectivity index (χ2n) is 8.21. The summed E-state index contributed by atoms with van der Waals surface area (Å²) in [6, 6.07) is 0. The number of nitrogens with zero attached hydrogens (tertiary/aromatic N) is 2.